The van der Waals surface area contributed by atoms with E-state index in [-0.39, 0.29) is 11.4 Å². The average molecular weight is 415 g/mol. The number of hydrogen-bond acceptors (Lipinski definition) is 5. The van der Waals surface area contributed by atoms with Gasteiger partial charge in [-0.25, -0.2) is 5.43 Å². The van der Waals surface area contributed by atoms with Crippen LogP contribution in [0, 0.1) is 0 Å². The molecule has 0 bridgehead atoms. The Labute approximate surface area is 179 Å². The molecular formula is C24H21N3O4. The minimum Gasteiger partial charge on any atom is -0.508 e. The molecule has 0 atom stereocenters. The number of carbonyl (C=O) groups excluding carboxylic acids is 2. The molecule has 0 radical (unpaired) electrons. The second kappa shape index (κ2) is 10.4. The lowest BCUT2D eigenvalue weighted by Gasteiger charge is -2.09. The first kappa shape index (κ1) is 21.3. The lowest BCUT2D eigenvalue weighted by molar-refractivity contribution is -0.117. The summed E-state index contributed by atoms with van der Waals surface area (Å²) in [6.45, 7) is 0. The standard InChI is InChI=1S/C24H21N3O4/c1-31-21-13-9-17(10-14-21)15-22(26-23(29)19-5-3-2-4-6-19)24(30)27-25-16-18-7-11-20(28)12-8-18/h2-16,28H,1H3,(H,26,29)(H,27,30)/b22-15-,25-16+. The van der Waals surface area contributed by atoms with E-state index in [1.807, 2.05) is 0 Å². The Kier molecular flexibility index (Phi) is 7.16. The van der Waals surface area contributed by atoms with Crippen LogP contribution in [0.4, 0.5) is 0 Å². The molecule has 3 rings (SSSR count). The van der Waals surface area contributed by atoms with E-state index >= 15 is 0 Å². The van der Waals surface area contributed by atoms with Crippen LogP contribution in [0.25, 0.3) is 6.08 Å². The first-order valence-electron chi connectivity index (χ1n) is 9.40. The van der Waals surface area contributed by atoms with Crippen LogP contribution in [-0.4, -0.2) is 30.2 Å². The van der Waals surface area contributed by atoms with E-state index in [0.717, 1.165) is 0 Å². The number of phenolic OH excluding ortho intramolecular Hbond substituents is 1. The van der Waals surface area contributed by atoms with E-state index in [4.69, 9.17) is 4.74 Å². The number of nitrogens with zero attached hydrogens (tertiary/aromatic N) is 1. The summed E-state index contributed by atoms with van der Waals surface area (Å²) in [5.41, 5.74) is 4.24. The second-order valence-corrected chi connectivity index (χ2v) is 6.44. The van der Waals surface area contributed by atoms with Gasteiger partial charge in [0.2, 0.25) is 0 Å². The van der Waals surface area contributed by atoms with Crippen LogP contribution < -0.4 is 15.5 Å². The predicted molar refractivity (Wildman–Crippen MR) is 119 cm³/mol. The van der Waals surface area contributed by atoms with Crippen LogP contribution in [0.1, 0.15) is 21.5 Å². The summed E-state index contributed by atoms with van der Waals surface area (Å²) in [5.74, 6) is -0.197. The first-order valence-corrected chi connectivity index (χ1v) is 9.40. The van der Waals surface area contributed by atoms with Crippen molar-refractivity contribution in [1.82, 2.24) is 10.7 Å². The zero-order valence-corrected chi connectivity index (χ0v) is 16.8. The number of aromatic hydroxyl groups is 1. The molecule has 31 heavy (non-hydrogen) atoms. The second-order valence-electron chi connectivity index (χ2n) is 6.44. The van der Waals surface area contributed by atoms with E-state index in [1.165, 1.54) is 18.3 Å². The third-order valence-corrected chi connectivity index (χ3v) is 4.23. The maximum atomic E-state index is 12.7. The number of nitrogens with one attached hydrogen (secondary N) is 2. The summed E-state index contributed by atoms with van der Waals surface area (Å²) >= 11 is 0. The molecule has 0 heterocycles. The zero-order valence-electron chi connectivity index (χ0n) is 16.8. The van der Waals surface area contributed by atoms with Crippen molar-refractivity contribution in [2.45, 2.75) is 0 Å². The van der Waals surface area contributed by atoms with Crippen LogP contribution in [0.15, 0.2) is 89.7 Å². The van der Waals surface area contributed by atoms with Gasteiger partial charge in [-0.1, -0.05) is 30.3 Å². The van der Waals surface area contributed by atoms with Gasteiger partial charge >= 0.3 is 0 Å². The maximum Gasteiger partial charge on any atom is 0.287 e. The van der Waals surface area contributed by atoms with Crippen molar-refractivity contribution in [1.29, 1.82) is 0 Å². The van der Waals surface area contributed by atoms with Gasteiger partial charge in [-0.05, 0) is 65.7 Å². The Bertz CT molecular complexity index is 1090. The lowest BCUT2D eigenvalue weighted by atomic mass is 10.1. The smallest absolute Gasteiger partial charge is 0.287 e. The molecule has 0 fully saturated rings. The highest BCUT2D eigenvalue weighted by Gasteiger charge is 2.14. The summed E-state index contributed by atoms with van der Waals surface area (Å²) in [5, 5.41) is 15.9. The molecule has 3 aromatic carbocycles. The molecule has 0 aliphatic rings. The van der Waals surface area contributed by atoms with Gasteiger partial charge in [0.25, 0.3) is 11.8 Å². The Morgan fingerprint density at radius 3 is 2.19 bits per heavy atom. The predicted octanol–water partition coefficient (Wildman–Crippen LogP) is 3.32. The van der Waals surface area contributed by atoms with Crippen LogP contribution >= 0.6 is 0 Å². The number of rotatable bonds is 7. The zero-order chi connectivity index (χ0) is 22.1. The van der Waals surface area contributed by atoms with E-state index in [1.54, 1.807) is 79.9 Å². The number of carbonyl (C=O) groups is 2. The highest BCUT2D eigenvalue weighted by atomic mass is 16.5. The lowest BCUT2D eigenvalue weighted by Crippen LogP contribution is -2.32. The van der Waals surface area contributed by atoms with Gasteiger partial charge in [0.05, 0.1) is 13.3 Å². The molecule has 7 nitrogen and oxygen atoms in total. The van der Waals surface area contributed by atoms with Crippen LogP contribution in [0.5, 0.6) is 11.5 Å². The fourth-order valence-corrected chi connectivity index (χ4v) is 2.60. The Hall–Kier alpha value is -4.39. The molecule has 2 amide bonds. The number of ether oxygens (including phenoxy) is 1. The van der Waals surface area contributed by atoms with Gasteiger partial charge in [0.15, 0.2) is 0 Å². The molecule has 0 saturated carbocycles. The number of hydrogen-bond donors (Lipinski definition) is 3. The van der Waals surface area contributed by atoms with Gasteiger partial charge in [-0.3, -0.25) is 9.59 Å². The molecule has 0 aromatic heterocycles. The van der Waals surface area contributed by atoms with Gasteiger partial charge in [0.1, 0.15) is 17.2 Å². The monoisotopic (exact) mass is 415 g/mol. The van der Waals surface area contributed by atoms with Crippen molar-refractivity contribution in [2.75, 3.05) is 7.11 Å². The molecule has 3 aromatic rings. The first-order chi connectivity index (χ1) is 15.0. The third kappa shape index (κ3) is 6.30. The van der Waals surface area contributed by atoms with Crippen LogP contribution in [0.2, 0.25) is 0 Å². The molecule has 7 heteroatoms. The fraction of sp³-hybridized carbons (Fsp3) is 0.0417. The summed E-state index contributed by atoms with van der Waals surface area (Å²) in [6, 6.07) is 21.9. The minimum absolute atomic E-state index is 0.0295. The van der Waals surface area contributed by atoms with Gasteiger partial charge < -0.3 is 15.2 Å². The maximum absolute atomic E-state index is 12.7. The van der Waals surface area contributed by atoms with Gasteiger partial charge in [-0.15, -0.1) is 0 Å². The minimum atomic E-state index is -0.588. The molecule has 156 valence electrons. The highest BCUT2D eigenvalue weighted by molar-refractivity contribution is 6.05. The van der Waals surface area contributed by atoms with Crippen molar-refractivity contribution in [3.63, 3.8) is 0 Å². The Morgan fingerprint density at radius 2 is 1.55 bits per heavy atom. The van der Waals surface area contributed by atoms with Crippen LogP contribution in [-0.2, 0) is 4.79 Å². The van der Waals surface area contributed by atoms with Gasteiger partial charge in [-0.2, -0.15) is 5.10 Å². The molecule has 0 aliphatic carbocycles. The Morgan fingerprint density at radius 1 is 0.903 bits per heavy atom. The average Bonchev–Trinajstić information content (AvgIpc) is 2.81. The number of benzene rings is 3. The van der Waals surface area contributed by atoms with E-state index in [2.05, 4.69) is 15.8 Å². The van der Waals surface area contributed by atoms with E-state index in [0.29, 0.717) is 22.4 Å². The highest BCUT2D eigenvalue weighted by Crippen LogP contribution is 2.14. The molecule has 0 aliphatic heterocycles. The van der Waals surface area contributed by atoms with Crippen LogP contribution in [0.3, 0.4) is 0 Å². The van der Waals surface area contributed by atoms with E-state index in [9.17, 15) is 14.7 Å². The molecule has 0 saturated heterocycles. The molecule has 3 N–H and O–H groups in total. The van der Waals surface area contributed by atoms with Crippen molar-refractivity contribution in [2.24, 2.45) is 5.10 Å². The number of methoxy groups -OCH3 is 1. The topological polar surface area (TPSA) is 100 Å². The largest absolute Gasteiger partial charge is 0.508 e. The van der Waals surface area contributed by atoms with Gasteiger partial charge in [0, 0.05) is 5.56 Å². The number of phenols is 1. The SMILES string of the molecule is COc1ccc(/C=C(\NC(=O)c2ccccc2)C(=O)N/N=C/c2ccc(O)cc2)cc1. The number of amides is 2. The summed E-state index contributed by atoms with van der Waals surface area (Å²) in [4.78, 5) is 25.3. The van der Waals surface area contributed by atoms with Crippen molar-refractivity contribution in [3.8, 4) is 11.5 Å². The number of hydrazone groups is 1. The quantitative estimate of drug-likeness (QED) is 0.313. The van der Waals surface area contributed by atoms with Crippen molar-refractivity contribution >= 4 is 24.1 Å². The van der Waals surface area contributed by atoms with Crippen molar-refractivity contribution < 1.29 is 19.4 Å². The third-order valence-electron chi connectivity index (χ3n) is 4.23. The molecular weight excluding hydrogens is 394 g/mol. The summed E-state index contributed by atoms with van der Waals surface area (Å²) in [6.07, 6.45) is 2.98. The Balaban J connectivity index is 1.79. The van der Waals surface area contributed by atoms with Crippen molar-refractivity contribution in [3.05, 3.63) is 101 Å². The molecule has 0 spiro atoms. The molecule has 0 unspecified atom stereocenters. The summed E-state index contributed by atoms with van der Waals surface area (Å²) in [7, 11) is 1.57. The van der Waals surface area contributed by atoms with E-state index < -0.39 is 11.8 Å². The summed E-state index contributed by atoms with van der Waals surface area (Å²) < 4.78 is 5.14. The fourth-order valence-electron chi connectivity index (χ4n) is 2.60. The normalized spacial score (nSPS) is 11.2.